The molecule has 5 heteroatoms. The van der Waals surface area contributed by atoms with E-state index in [1.54, 1.807) is 6.07 Å². The predicted octanol–water partition coefficient (Wildman–Crippen LogP) is 5.63. The van der Waals surface area contributed by atoms with Crippen LogP contribution in [0.5, 0.6) is 11.5 Å². The van der Waals surface area contributed by atoms with Crippen molar-refractivity contribution in [1.82, 2.24) is 0 Å². The van der Waals surface area contributed by atoms with Crippen LogP contribution in [0.4, 0.5) is 0 Å². The lowest BCUT2D eigenvalue weighted by molar-refractivity contribution is 0.0607. The van der Waals surface area contributed by atoms with E-state index in [2.05, 4.69) is 0 Å². The number of carbonyl (C=O) groups is 1. The van der Waals surface area contributed by atoms with Crippen molar-refractivity contribution < 1.29 is 14.3 Å². The average molecular weight is 343 g/mol. The van der Waals surface area contributed by atoms with Gasteiger partial charge in [-0.2, -0.15) is 0 Å². The van der Waals surface area contributed by atoms with E-state index in [9.17, 15) is 4.79 Å². The Morgan fingerprint density at radius 3 is 2.70 bits per heavy atom. The van der Waals surface area contributed by atoms with Crippen molar-refractivity contribution in [2.45, 2.75) is 0 Å². The number of hydrogen-bond donors (Lipinski definition) is 0. The van der Waals surface area contributed by atoms with Crippen LogP contribution in [0.3, 0.4) is 0 Å². The summed E-state index contributed by atoms with van der Waals surface area (Å²) in [4.78, 5) is 12.7. The third-order valence-corrected chi connectivity index (χ3v) is 4.97. The summed E-state index contributed by atoms with van der Waals surface area (Å²) in [7, 11) is 1.38. The third-order valence-electron chi connectivity index (χ3n) is 3.77. The standard InChI is InChI=1S/C18H11ClO3S/c1-21-18(20)17-16-12-8-10(19)6-7-15(12)22-14-5-3-2-4-11(14)13(16)9-23-17/h2-9H,1H3. The van der Waals surface area contributed by atoms with Crippen LogP contribution in [-0.2, 0) is 4.74 Å². The third kappa shape index (κ3) is 2.22. The average Bonchev–Trinajstić information content (AvgIpc) is 2.95. The molecule has 3 nitrogen and oxygen atoms in total. The molecule has 2 aromatic carbocycles. The Bertz CT molecular complexity index is 930. The van der Waals surface area contributed by atoms with Gasteiger partial charge >= 0.3 is 5.97 Å². The van der Waals surface area contributed by atoms with Crippen molar-refractivity contribution in [2.75, 3.05) is 7.11 Å². The molecular weight excluding hydrogens is 332 g/mol. The molecule has 0 N–H and O–H groups in total. The van der Waals surface area contributed by atoms with Gasteiger partial charge < -0.3 is 9.47 Å². The number of hydrogen-bond acceptors (Lipinski definition) is 4. The molecular formula is C18H11ClO3S. The number of benzene rings is 2. The minimum atomic E-state index is -0.360. The zero-order valence-electron chi connectivity index (χ0n) is 12.1. The summed E-state index contributed by atoms with van der Waals surface area (Å²) < 4.78 is 11.0. The second-order valence-corrected chi connectivity index (χ2v) is 6.40. The van der Waals surface area contributed by atoms with E-state index in [-0.39, 0.29) is 5.97 Å². The molecule has 0 atom stereocenters. The van der Waals surface area contributed by atoms with E-state index < -0.39 is 0 Å². The first-order valence-corrected chi connectivity index (χ1v) is 8.22. The van der Waals surface area contributed by atoms with Crippen molar-refractivity contribution in [2.24, 2.45) is 0 Å². The fourth-order valence-corrected chi connectivity index (χ4v) is 3.92. The van der Waals surface area contributed by atoms with Crippen LogP contribution in [0.2, 0.25) is 5.02 Å². The molecule has 0 bridgehead atoms. The Balaban J connectivity index is 2.10. The Kier molecular flexibility index (Phi) is 3.36. The van der Waals surface area contributed by atoms with Crippen LogP contribution in [0.15, 0.2) is 47.8 Å². The number of carbonyl (C=O) groups excluding carboxylic acids is 1. The van der Waals surface area contributed by atoms with Gasteiger partial charge in [0, 0.05) is 32.7 Å². The van der Waals surface area contributed by atoms with Gasteiger partial charge in [0.05, 0.1) is 7.11 Å². The number of thiophene rings is 1. The number of methoxy groups -OCH3 is 1. The minimum absolute atomic E-state index is 0.360. The highest BCUT2D eigenvalue weighted by atomic mass is 35.5. The van der Waals surface area contributed by atoms with Crippen molar-refractivity contribution in [3.8, 4) is 33.8 Å². The maximum atomic E-state index is 12.2. The van der Waals surface area contributed by atoms with Crippen LogP contribution >= 0.6 is 22.9 Å². The van der Waals surface area contributed by atoms with Crippen LogP contribution in [-0.4, -0.2) is 13.1 Å². The monoisotopic (exact) mass is 342 g/mol. The fourth-order valence-electron chi connectivity index (χ4n) is 2.75. The number of para-hydroxylation sites is 1. The first-order chi connectivity index (χ1) is 11.2. The fraction of sp³-hybridized carbons (Fsp3) is 0.0556. The first kappa shape index (κ1) is 14.3. The molecule has 2 heterocycles. The topological polar surface area (TPSA) is 35.5 Å². The number of fused-ring (bicyclic) bond motifs is 5. The summed E-state index contributed by atoms with van der Waals surface area (Å²) in [5.41, 5.74) is 3.50. The number of esters is 1. The Hall–Kier alpha value is -2.30. The zero-order chi connectivity index (χ0) is 16.0. The maximum absolute atomic E-state index is 12.2. The van der Waals surface area contributed by atoms with Gasteiger partial charge in [0.1, 0.15) is 16.4 Å². The van der Waals surface area contributed by atoms with E-state index in [0.29, 0.717) is 15.6 Å². The number of rotatable bonds is 1. The summed E-state index contributed by atoms with van der Waals surface area (Å²) in [6.07, 6.45) is 0. The lowest BCUT2D eigenvalue weighted by Crippen LogP contribution is -2.00. The summed E-state index contributed by atoms with van der Waals surface area (Å²) in [5, 5.41) is 2.55. The van der Waals surface area contributed by atoms with Gasteiger partial charge in [-0.1, -0.05) is 29.8 Å². The number of ether oxygens (including phenoxy) is 2. The largest absolute Gasteiger partial charge is 0.465 e. The van der Waals surface area contributed by atoms with Crippen molar-refractivity contribution in [1.29, 1.82) is 0 Å². The van der Waals surface area contributed by atoms with E-state index in [0.717, 1.165) is 28.0 Å². The van der Waals surface area contributed by atoms with Gasteiger partial charge in [0.25, 0.3) is 0 Å². The van der Waals surface area contributed by atoms with Crippen molar-refractivity contribution in [3.63, 3.8) is 0 Å². The summed E-state index contributed by atoms with van der Waals surface area (Å²) in [5.74, 6) is 1.06. The molecule has 1 aliphatic heterocycles. The summed E-state index contributed by atoms with van der Waals surface area (Å²) >= 11 is 7.54. The molecule has 0 spiro atoms. The highest BCUT2D eigenvalue weighted by Crippen LogP contribution is 2.50. The Morgan fingerprint density at radius 1 is 1.09 bits per heavy atom. The molecule has 3 aromatic rings. The van der Waals surface area contributed by atoms with Crippen LogP contribution < -0.4 is 4.74 Å². The quantitative estimate of drug-likeness (QED) is 0.421. The van der Waals surface area contributed by atoms with E-state index in [1.165, 1.54) is 18.4 Å². The molecule has 0 fully saturated rings. The van der Waals surface area contributed by atoms with Crippen LogP contribution in [0, 0.1) is 0 Å². The van der Waals surface area contributed by atoms with E-state index >= 15 is 0 Å². The van der Waals surface area contributed by atoms with Crippen LogP contribution in [0.25, 0.3) is 22.3 Å². The normalized spacial score (nSPS) is 11.6. The highest BCUT2D eigenvalue weighted by Gasteiger charge is 2.27. The van der Waals surface area contributed by atoms with Gasteiger partial charge in [-0.05, 0) is 24.3 Å². The minimum Gasteiger partial charge on any atom is -0.465 e. The van der Waals surface area contributed by atoms with Crippen molar-refractivity contribution >= 4 is 28.9 Å². The van der Waals surface area contributed by atoms with Gasteiger partial charge in [0.2, 0.25) is 0 Å². The summed E-state index contributed by atoms with van der Waals surface area (Å²) in [6, 6.07) is 13.2. The second-order valence-electron chi connectivity index (χ2n) is 5.08. The highest BCUT2D eigenvalue weighted by molar-refractivity contribution is 7.13. The van der Waals surface area contributed by atoms with Gasteiger partial charge in [-0.3, -0.25) is 0 Å². The molecule has 114 valence electrons. The molecule has 0 saturated heterocycles. The van der Waals surface area contributed by atoms with E-state index in [4.69, 9.17) is 21.1 Å². The number of halogens is 1. The van der Waals surface area contributed by atoms with E-state index in [1.807, 2.05) is 41.8 Å². The molecule has 0 radical (unpaired) electrons. The molecule has 23 heavy (non-hydrogen) atoms. The Labute approximate surface area is 142 Å². The van der Waals surface area contributed by atoms with Crippen molar-refractivity contribution in [3.05, 3.63) is 57.7 Å². The summed E-state index contributed by atoms with van der Waals surface area (Å²) in [6.45, 7) is 0. The molecule has 1 aromatic heterocycles. The lowest BCUT2D eigenvalue weighted by Gasteiger charge is -2.09. The van der Waals surface area contributed by atoms with Crippen LogP contribution in [0.1, 0.15) is 9.67 Å². The van der Waals surface area contributed by atoms with Gasteiger partial charge in [-0.25, -0.2) is 4.79 Å². The lowest BCUT2D eigenvalue weighted by atomic mass is 9.97. The van der Waals surface area contributed by atoms with Gasteiger partial charge in [-0.15, -0.1) is 11.3 Å². The molecule has 1 aliphatic rings. The Morgan fingerprint density at radius 2 is 1.87 bits per heavy atom. The predicted molar refractivity (Wildman–Crippen MR) is 91.6 cm³/mol. The van der Waals surface area contributed by atoms with Gasteiger partial charge in [0.15, 0.2) is 0 Å². The molecule has 4 rings (SSSR count). The second kappa shape index (κ2) is 5.41. The molecule has 0 saturated carbocycles. The maximum Gasteiger partial charge on any atom is 0.348 e. The molecule has 0 amide bonds. The smallest absolute Gasteiger partial charge is 0.348 e. The molecule has 0 unspecified atom stereocenters. The SMILES string of the molecule is COC(=O)c1scc2c1-c1cc(Cl)ccc1Oc1ccccc1-2. The molecule has 0 aliphatic carbocycles. The first-order valence-electron chi connectivity index (χ1n) is 6.96. The zero-order valence-corrected chi connectivity index (χ0v) is 13.7.